The molecule has 0 rings (SSSR count). The largest absolute Gasteiger partial charge is 0.300 e. The highest BCUT2D eigenvalue weighted by atomic mass is 16.1. The highest BCUT2D eigenvalue weighted by Gasteiger charge is 2.03. The topological polar surface area (TPSA) is 29.4 Å². The van der Waals surface area contributed by atoms with Gasteiger partial charge in [0.05, 0.1) is 5.70 Å². The Hall–Kier alpha value is -1.70. The van der Waals surface area contributed by atoms with E-state index >= 15 is 0 Å². The quantitative estimate of drug-likeness (QED) is 0.193. The SMILES string of the molecule is C=C/C=C(\C=NC(=C)/C=C\C(CCCC)CCCC)CCCC.CC.CCC(C)=O. The van der Waals surface area contributed by atoms with Gasteiger partial charge >= 0.3 is 0 Å². The van der Waals surface area contributed by atoms with Gasteiger partial charge in [-0.05, 0) is 50.2 Å². The van der Waals surface area contributed by atoms with Crippen molar-refractivity contribution in [2.75, 3.05) is 0 Å². The molecule has 0 atom stereocenters. The number of carbonyl (C=O) groups excluding carboxylic acids is 1. The molecule has 0 unspecified atom stereocenters. The molecule has 30 heavy (non-hydrogen) atoms. The molecule has 2 nitrogen and oxygen atoms in total. The first-order valence-corrected chi connectivity index (χ1v) is 12.2. The van der Waals surface area contributed by atoms with E-state index in [9.17, 15) is 4.79 Å². The van der Waals surface area contributed by atoms with E-state index in [0.717, 1.165) is 12.1 Å². The molecule has 0 aromatic carbocycles. The first-order chi connectivity index (χ1) is 14.4. The van der Waals surface area contributed by atoms with Gasteiger partial charge in [-0.2, -0.15) is 0 Å². The molecular formula is C28H51NO. The minimum absolute atomic E-state index is 0.255. The third-order valence-electron chi connectivity index (χ3n) is 4.46. The minimum atomic E-state index is 0.255. The molecule has 0 bridgehead atoms. The lowest BCUT2D eigenvalue weighted by Crippen LogP contribution is -1.96. The highest BCUT2D eigenvalue weighted by molar-refractivity contribution is 5.80. The van der Waals surface area contributed by atoms with E-state index in [4.69, 9.17) is 0 Å². The number of unbranched alkanes of at least 4 members (excludes halogenated alkanes) is 3. The lowest BCUT2D eigenvalue weighted by Gasteiger charge is -2.11. The van der Waals surface area contributed by atoms with Gasteiger partial charge < -0.3 is 4.79 Å². The van der Waals surface area contributed by atoms with E-state index in [1.165, 1.54) is 56.9 Å². The molecule has 0 heterocycles. The summed E-state index contributed by atoms with van der Waals surface area (Å²) in [5, 5.41) is 0. The first-order valence-electron chi connectivity index (χ1n) is 12.2. The number of Topliss-reactive ketones (excluding diaryl/α,β-unsaturated/α-hetero) is 1. The Kier molecular flexibility index (Phi) is 30.0. The van der Waals surface area contributed by atoms with Crippen LogP contribution in [0, 0.1) is 5.92 Å². The van der Waals surface area contributed by atoms with Crippen molar-refractivity contribution in [1.29, 1.82) is 0 Å². The number of rotatable bonds is 15. The van der Waals surface area contributed by atoms with Crippen LogP contribution in [-0.4, -0.2) is 12.0 Å². The molecule has 174 valence electrons. The molecule has 0 spiro atoms. The van der Waals surface area contributed by atoms with Gasteiger partial charge in [0.15, 0.2) is 0 Å². The Balaban J connectivity index is -0.000000901. The number of aliphatic imine (C=N–C) groups is 1. The van der Waals surface area contributed by atoms with E-state index in [-0.39, 0.29) is 5.78 Å². The maximum absolute atomic E-state index is 9.81. The molecule has 0 amide bonds. The maximum Gasteiger partial charge on any atom is 0.129 e. The Morgan fingerprint density at radius 2 is 1.47 bits per heavy atom. The lowest BCUT2D eigenvalue weighted by molar-refractivity contribution is -0.116. The summed E-state index contributed by atoms with van der Waals surface area (Å²) in [5.74, 6) is 0.926. The standard InChI is InChI=1S/C22H37N.C4H8O.C2H6/c1-6-10-14-21(15-11-7-2)18-17-20(5)23-19-22(13-9-4)16-12-8-3;1-3-4(2)5;1-2/h9,13,17-19,21H,4-8,10-12,14-16H2,1-3H3;3H2,1-2H3;1-2H3/b18-17-,22-13-,23-19?;;. The van der Waals surface area contributed by atoms with E-state index < -0.39 is 0 Å². The van der Waals surface area contributed by atoms with Crippen molar-refractivity contribution < 1.29 is 4.79 Å². The molecular weight excluding hydrogens is 366 g/mol. The van der Waals surface area contributed by atoms with Gasteiger partial charge in [-0.15, -0.1) is 0 Å². The Labute approximate surface area is 189 Å². The van der Waals surface area contributed by atoms with E-state index in [1.807, 2.05) is 39.1 Å². The van der Waals surface area contributed by atoms with Crippen LogP contribution in [0.5, 0.6) is 0 Å². The Bertz CT molecular complexity index is 489. The molecule has 0 saturated carbocycles. The van der Waals surface area contributed by atoms with Crippen molar-refractivity contribution >= 4 is 12.0 Å². The molecule has 0 fully saturated rings. The lowest BCUT2D eigenvalue weighted by atomic mass is 9.95. The summed E-state index contributed by atoms with van der Waals surface area (Å²) in [4.78, 5) is 14.3. The molecule has 0 aliphatic rings. The molecule has 0 radical (unpaired) electrons. The third-order valence-corrected chi connectivity index (χ3v) is 4.46. The molecule has 0 aliphatic heterocycles. The van der Waals surface area contributed by atoms with E-state index in [1.54, 1.807) is 6.92 Å². The molecule has 0 N–H and O–H groups in total. The summed E-state index contributed by atoms with van der Waals surface area (Å²) >= 11 is 0. The number of nitrogens with zero attached hydrogens (tertiary/aromatic N) is 1. The van der Waals surface area contributed by atoms with Crippen molar-refractivity contribution in [2.24, 2.45) is 10.9 Å². The highest BCUT2D eigenvalue weighted by Crippen LogP contribution is 2.18. The van der Waals surface area contributed by atoms with Crippen LogP contribution in [-0.2, 0) is 4.79 Å². The number of ketones is 1. The average molecular weight is 418 g/mol. The minimum Gasteiger partial charge on any atom is -0.300 e. The van der Waals surface area contributed by atoms with Crippen LogP contribution >= 0.6 is 0 Å². The maximum atomic E-state index is 9.81. The number of hydrogen-bond acceptors (Lipinski definition) is 2. The van der Waals surface area contributed by atoms with Crippen molar-refractivity contribution in [3.05, 3.63) is 48.7 Å². The summed E-state index contributed by atoms with van der Waals surface area (Å²) in [7, 11) is 0. The second-order valence-corrected chi connectivity index (χ2v) is 7.29. The van der Waals surface area contributed by atoms with Crippen molar-refractivity contribution in [2.45, 2.75) is 113 Å². The third kappa shape index (κ3) is 26.3. The molecule has 0 aromatic rings. The monoisotopic (exact) mass is 417 g/mol. The second kappa shape index (κ2) is 27.3. The van der Waals surface area contributed by atoms with Gasteiger partial charge in [0, 0.05) is 12.6 Å². The van der Waals surface area contributed by atoms with Gasteiger partial charge in [-0.3, -0.25) is 4.99 Å². The van der Waals surface area contributed by atoms with Crippen LogP contribution in [0.3, 0.4) is 0 Å². The van der Waals surface area contributed by atoms with Gasteiger partial charge in [-0.1, -0.05) is 105 Å². The van der Waals surface area contributed by atoms with Crippen LogP contribution in [0.4, 0.5) is 0 Å². The van der Waals surface area contributed by atoms with Crippen LogP contribution in [0.15, 0.2) is 53.7 Å². The van der Waals surface area contributed by atoms with Gasteiger partial charge in [0.25, 0.3) is 0 Å². The molecule has 0 aromatic heterocycles. The molecule has 2 heteroatoms. The predicted octanol–water partition coefficient (Wildman–Crippen LogP) is 9.44. The van der Waals surface area contributed by atoms with Crippen molar-refractivity contribution in [3.63, 3.8) is 0 Å². The zero-order valence-electron chi connectivity index (χ0n) is 21.3. The van der Waals surface area contributed by atoms with Gasteiger partial charge in [-0.25, -0.2) is 0 Å². The van der Waals surface area contributed by atoms with Crippen molar-refractivity contribution in [1.82, 2.24) is 0 Å². The number of hydrogen-bond donors (Lipinski definition) is 0. The first kappa shape index (κ1) is 33.0. The fourth-order valence-electron chi connectivity index (χ4n) is 2.45. The smallest absolute Gasteiger partial charge is 0.129 e. The van der Waals surface area contributed by atoms with Crippen LogP contribution in [0.1, 0.15) is 113 Å². The van der Waals surface area contributed by atoms with Crippen LogP contribution < -0.4 is 0 Å². The number of allylic oxidation sites excluding steroid dienone is 5. The van der Waals surface area contributed by atoms with E-state index in [0.29, 0.717) is 12.3 Å². The fourth-order valence-corrected chi connectivity index (χ4v) is 2.45. The summed E-state index contributed by atoms with van der Waals surface area (Å²) in [6.45, 7) is 22.0. The van der Waals surface area contributed by atoms with Crippen LogP contribution in [0.2, 0.25) is 0 Å². The van der Waals surface area contributed by atoms with Crippen LogP contribution in [0.25, 0.3) is 0 Å². The van der Waals surface area contributed by atoms with Gasteiger partial charge in [0.1, 0.15) is 5.78 Å². The van der Waals surface area contributed by atoms with Crippen molar-refractivity contribution in [3.8, 4) is 0 Å². The normalized spacial score (nSPS) is 11.1. The molecule has 0 aliphatic carbocycles. The Morgan fingerprint density at radius 3 is 1.87 bits per heavy atom. The second-order valence-electron chi connectivity index (χ2n) is 7.29. The zero-order chi connectivity index (χ0) is 23.6. The Morgan fingerprint density at radius 1 is 0.967 bits per heavy atom. The summed E-state index contributed by atoms with van der Waals surface area (Å²) in [5.41, 5.74) is 2.07. The predicted molar refractivity (Wildman–Crippen MR) is 139 cm³/mol. The molecule has 0 saturated heterocycles. The van der Waals surface area contributed by atoms with E-state index in [2.05, 4.69) is 51.1 Å². The summed E-state index contributed by atoms with van der Waals surface area (Å²) in [6, 6.07) is 0. The summed E-state index contributed by atoms with van der Waals surface area (Å²) < 4.78 is 0. The zero-order valence-corrected chi connectivity index (χ0v) is 21.3. The number of carbonyl (C=O) groups is 1. The summed E-state index contributed by atoms with van der Waals surface area (Å²) in [6.07, 6.45) is 22.0. The van der Waals surface area contributed by atoms with Gasteiger partial charge in [0.2, 0.25) is 0 Å². The average Bonchev–Trinajstić information content (AvgIpc) is 2.76. The fraction of sp³-hybridized carbons (Fsp3) is 0.643.